The SMILES string of the molecule is C[C@@H]1C[C@@H](C)CN(C(=O)CSc2nnc([C@@H](C)N(C)C)n2-c2ccc(F)cc2)C1. The van der Waals surface area contributed by atoms with Crippen molar-refractivity contribution in [3.8, 4) is 5.69 Å². The van der Waals surface area contributed by atoms with Crippen molar-refractivity contribution in [2.45, 2.75) is 38.4 Å². The highest BCUT2D eigenvalue weighted by atomic mass is 32.2. The van der Waals surface area contributed by atoms with Crippen molar-refractivity contribution in [2.75, 3.05) is 32.9 Å². The van der Waals surface area contributed by atoms with Gasteiger partial charge in [0.1, 0.15) is 5.82 Å². The fourth-order valence-electron chi connectivity index (χ4n) is 3.79. The first-order chi connectivity index (χ1) is 13.8. The second-order valence-electron chi connectivity index (χ2n) is 8.33. The van der Waals surface area contributed by atoms with Crippen LogP contribution in [-0.2, 0) is 4.79 Å². The van der Waals surface area contributed by atoms with Crippen LogP contribution in [0.5, 0.6) is 0 Å². The molecule has 0 radical (unpaired) electrons. The van der Waals surface area contributed by atoms with E-state index in [2.05, 4.69) is 24.0 Å². The Kier molecular flexibility index (Phi) is 6.95. The molecule has 0 saturated carbocycles. The molecule has 8 heteroatoms. The molecule has 0 unspecified atom stereocenters. The molecule has 158 valence electrons. The average Bonchev–Trinajstić information content (AvgIpc) is 3.09. The number of hydrogen-bond acceptors (Lipinski definition) is 5. The number of benzene rings is 1. The number of carbonyl (C=O) groups excluding carboxylic acids is 1. The monoisotopic (exact) mass is 419 g/mol. The van der Waals surface area contributed by atoms with Gasteiger partial charge >= 0.3 is 0 Å². The Morgan fingerprint density at radius 1 is 1.21 bits per heavy atom. The zero-order valence-electron chi connectivity index (χ0n) is 17.8. The van der Waals surface area contributed by atoms with Crippen LogP contribution < -0.4 is 0 Å². The van der Waals surface area contributed by atoms with Gasteiger partial charge in [-0.25, -0.2) is 4.39 Å². The van der Waals surface area contributed by atoms with Crippen molar-refractivity contribution in [2.24, 2.45) is 11.8 Å². The molecular formula is C21H30FN5OS. The van der Waals surface area contributed by atoms with Crippen LogP contribution in [0.25, 0.3) is 5.69 Å². The highest BCUT2D eigenvalue weighted by molar-refractivity contribution is 7.99. The summed E-state index contributed by atoms with van der Waals surface area (Å²) >= 11 is 1.39. The summed E-state index contributed by atoms with van der Waals surface area (Å²) in [5, 5.41) is 9.38. The largest absolute Gasteiger partial charge is 0.341 e. The third-order valence-electron chi connectivity index (χ3n) is 5.44. The van der Waals surface area contributed by atoms with Gasteiger partial charge in [-0.1, -0.05) is 25.6 Å². The minimum atomic E-state index is -0.290. The number of thioether (sulfide) groups is 1. The van der Waals surface area contributed by atoms with E-state index in [1.54, 1.807) is 12.1 Å². The van der Waals surface area contributed by atoms with Gasteiger partial charge in [-0.2, -0.15) is 0 Å². The fourth-order valence-corrected chi connectivity index (χ4v) is 4.65. The minimum Gasteiger partial charge on any atom is -0.341 e. The zero-order chi connectivity index (χ0) is 21.1. The molecule has 3 atom stereocenters. The summed E-state index contributed by atoms with van der Waals surface area (Å²) in [7, 11) is 3.95. The van der Waals surface area contributed by atoms with Crippen molar-refractivity contribution < 1.29 is 9.18 Å². The first kappa shape index (κ1) is 21.8. The van der Waals surface area contributed by atoms with E-state index in [4.69, 9.17) is 0 Å². The Labute approximate surface area is 176 Å². The van der Waals surface area contributed by atoms with Crippen LogP contribution in [0.4, 0.5) is 4.39 Å². The lowest BCUT2D eigenvalue weighted by molar-refractivity contribution is -0.130. The van der Waals surface area contributed by atoms with Crippen LogP contribution in [0, 0.1) is 17.7 Å². The lowest BCUT2D eigenvalue weighted by Gasteiger charge is -2.35. The smallest absolute Gasteiger partial charge is 0.233 e. The molecule has 1 aromatic carbocycles. The van der Waals surface area contributed by atoms with Gasteiger partial charge in [-0.3, -0.25) is 14.3 Å². The van der Waals surface area contributed by atoms with Crippen molar-refractivity contribution in [3.63, 3.8) is 0 Å². The molecular weight excluding hydrogens is 389 g/mol. The molecule has 1 aliphatic rings. The van der Waals surface area contributed by atoms with Crippen LogP contribution in [0.3, 0.4) is 0 Å². The fraction of sp³-hybridized carbons (Fsp3) is 0.571. The van der Waals surface area contributed by atoms with Gasteiger partial charge in [-0.05, 0) is 63.5 Å². The number of rotatable bonds is 6. The molecule has 1 saturated heterocycles. The number of carbonyl (C=O) groups is 1. The average molecular weight is 420 g/mol. The maximum atomic E-state index is 13.4. The van der Waals surface area contributed by atoms with Crippen LogP contribution in [0.1, 0.15) is 39.1 Å². The normalized spacial score (nSPS) is 20.9. The molecule has 0 spiro atoms. The van der Waals surface area contributed by atoms with Crippen molar-refractivity contribution in [1.82, 2.24) is 24.6 Å². The summed E-state index contributed by atoms with van der Waals surface area (Å²) < 4.78 is 15.4. The summed E-state index contributed by atoms with van der Waals surface area (Å²) in [6.07, 6.45) is 1.17. The molecule has 29 heavy (non-hydrogen) atoms. The first-order valence-corrected chi connectivity index (χ1v) is 11.0. The van der Waals surface area contributed by atoms with E-state index in [9.17, 15) is 9.18 Å². The molecule has 1 aliphatic heterocycles. The lowest BCUT2D eigenvalue weighted by atomic mass is 9.92. The van der Waals surface area contributed by atoms with Gasteiger partial charge in [0, 0.05) is 18.8 Å². The second kappa shape index (κ2) is 9.26. The Bertz CT molecular complexity index is 828. The number of likely N-dealkylation sites (tertiary alicyclic amines) is 1. The molecule has 1 aromatic heterocycles. The number of nitrogens with zero attached hydrogens (tertiary/aromatic N) is 5. The Morgan fingerprint density at radius 2 is 1.83 bits per heavy atom. The maximum absolute atomic E-state index is 13.4. The molecule has 1 amide bonds. The topological polar surface area (TPSA) is 54.3 Å². The number of piperidine rings is 1. The Balaban J connectivity index is 1.81. The highest BCUT2D eigenvalue weighted by Gasteiger charge is 2.26. The van der Waals surface area contributed by atoms with E-state index in [1.807, 2.05) is 35.4 Å². The molecule has 2 aromatic rings. The van der Waals surface area contributed by atoms with E-state index >= 15 is 0 Å². The van der Waals surface area contributed by atoms with Crippen molar-refractivity contribution in [1.29, 1.82) is 0 Å². The van der Waals surface area contributed by atoms with Gasteiger partial charge in [0.05, 0.1) is 11.8 Å². The number of amides is 1. The van der Waals surface area contributed by atoms with Gasteiger partial charge in [0.15, 0.2) is 11.0 Å². The quantitative estimate of drug-likeness (QED) is 0.670. The molecule has 2 heterocycles. The van der Waals surface area contributed by atoms with E-state index in [0.717, 1.165) is 24.6 Å². The van der Waals surface area contributed by atoms with Crippen molar-refractivity contribution in [3.05, 3.63) is 35.9 Å². The van der Waals surface area contributed by atoms with Crippen LogP contribution in [-0.4, -0.2) is 63.4 Å². The molecule has 0 aliphatic carbocycles. The Morgan fingerprint density at radius 3 is 2.41 bits per heavy atom. The summed E-state index contributed by atoms with van der Waals surface area (Å²) in [6.45, 7) is 8.07. The first-order valence-electron chi connectivity index (χ1n) is 10.0. The van der Waals surface area contributed by atoms with E-state index < -0.39 is 0 Å². The molecule has 1 fully saturated rings. The molecule has 6 nitrogen and oxygen atoms in total. The molecule has 3 rings (SSSR count). The van der Waals surface area contributed by atoms with Gasteiger partial charge in [0.2, 0.25) is 5.91 Å². The van der Waals surface area contributed by atoms with Crippen LogP contribution in [0.15, 0.2) is 29.4 Å². The third kappa shape index (κ3) is 5.17. The van der Waals surface area contributed by atoms with Gasteiger partial charge in [-0.15, -0.1) is 10.2 Å². The second-order valence-corrected chi connectivity index (χ2v) is 9.27. The molecule has 0 N–H and O–H groups in total. The Hall–Kier alpha value is -1.93. The number of hydrogen-bond donors (Lipinski definition) is 0. The molecule has 0 bridgehead atoms. The summed E-state index contributed by atoms with van der Waals surface area (Å²) in [6, 6.07) is 6.29. The van der Waals surface area contributed by atoms with E-state index in [1.165, 1.54) is 30.3 Å². The number of halogens is 1. The summed E-state index contributed by atoms with van der Waals surface area (Å²) in [5.74, 6) is 1.98. The number of aromatic nitrogens is 3. The lowest BCUT2D eigenvalue weighted by Crippen LogP contribution is -2.43. The predicted molar refractivity (Wildman–Crippen MR) is 114 cm³/mol. The standard InChI is InChI=1S/C21H30FN5OS/c1-14-10-15(2)12-26(11-14)19(28)13-29-21-24-23-20(16(3)25(4)5)27(21)18-8-6-17(22)7-9-18/h6-9,14-16H,10-13H2,1-5H3/t14-,15-,16-/m1/s1. The van der Waals surface area contributed by atoms with Gasteiger partial charge < -0.3 is 4.90 Å². The highest BCUT2D eigenvalue weighted by Crippen LogP contribution is 2.28. The maximum Gasteiger partial charge on any atom is 0.233 e. The minimum absolute atomic E-state index is 0.0152. The summed E-state index contributed by atoms with van der Waals surface area (Å²) in [4.78, 5) is 16.8. The predicted octanol–water partition coefficient (Wildman–Crippen LogP) is 3.63. The third-order valence-corrected chi connectivity index (χ3v) is 6.35. The van der Waals surface area contributed by atoms with Crippen LogP contribution in [0.2, 0.25) is 0 Å². The summed E-state index contributed by atoms with van der Waals surface area (Å²) in [5.41, 5.74) is 0.787. The van der Waals surface area contributed by atoms with Gasteiger partial charge in [0.25, 0.3) is 0 Å². The zero-order valence-corrected chi connectivity index (χ0v) is 18.6. The van der Waals surface area contributed by atoms with Crippen molar-refractivity contribution >= 4 is 17.7 Å². The van der Waals surface area contributed by atoms with E-state index in [-0.39, 0.29) is 17.8 Å². The van der Waals surface area contributed by atoms with Crippen LogP contribution >= 0.6 is 11.8 Å². The van der Waals surface area contributed by atoms with E-state index in [0.29, 0.717) is 22.7 Å².